The molecule has 0 atom stereocenters. The summed E-state index contributed by atoms with van der Waals surface area (Å²) in [5.74, 6) is 0.248. The number of hydrogen-bond acceptors (Lipinski definition) is 3. The van der Waals surface area contributed by atoms with Crippen LogP contribution in [0.4, 0.5) is 0 Å². The van der Waals surface area contributed by atoms with E-state index in [-0.39, 0.29) is 11.5 Å². The largest absolute Gasteiger partial charge is 0.343 e. The highest BCUT2D eigenvalue weighted by atomic mass is 16.2. The van der Waals surface area contributed by atoms with Crippen molar-refractivity contribution in [3.63, 3.8) is 0 Å². The van der Waals surface area contributed by atoms with Crippen molar-refractivity contribution in [2.45, 2.75) is 19.3 Å². The molecule has 0 saturated carbocycles. The molecule has 5 nitrogen and oxygen atoms in total. The maximum absolute atomic E-state index is 12.0. The number of nitrogens with one attached hydrogen (secondary N) is 1. The SMILES string of the molecule is O=C1CCCN1CCCNn1c(=O)ccc2ccccc21. The fourth-order valence-corrected chi connectivity index (χ4v) is 2.75. The average Bonchev–Trinajstić information content (AvgIpc) is 2.91. The van der Waals surface area contributed by atoms with Gasteiger partial charge in [0.15, 0.2) is 0 Å². The summed E-state index contributed by atoms with van der Waals surface area (Å²) < 4.78 is 1.58. The third-order valence-corrected chi connectivity index (χ3v) is 3.85. The Balaban J connectivity index is 1.64. The number of likely N-dealkylation sites (tertiary alicyclic amines) is 1. The van der Waals surface area contributed by atoms with Gasteiger partial charge in [-0.05, 0) is 25.0 Å². The van der Waals surface area contributed by atoms with E-state index < -0.39 is 0 Å². The van der Waals surface area contributed by atoms with E-state index >= 15 is 0 Å². The van der Waals surface area contributed by atoms with Crippen LogP contribution >= 0.6 is 0 Å². The molecule has 1 N–H and O–H groups in total. The first-order valence-electron chi connectivity index (χ1n) is 7.38. The van der Waals surface area contributed by atoms with Crippen molar-refractivity contribution in [3.8, 4) is 0 Å². The number of aromatic nitrogens is 1. The van der Waals surface area contributed by atoms with Crippen LogP contribution in [-0.4, -0.2) is 35.1 Å². The summed E-state index contributed by atoms with van der Waals surface area (Å²) in [6.45, 7) is 2.29. The molecule has 21 heavy (non-hydrogen) atoms. The first kappa shape index (κ1) is 13.7. The smallest absolute Gasteiger partial charge is 0.269 e. The highest BCUT2D eigenvalue weighted by Crippen LogP contribution is 2.11. The molecule has 1 aliphatic heterocycles. The minimum atomic E-state index is -0.0639. The number of rotatable bonds is 5. The van der Waals surface area contributed by atoms with Gasteiger partial charge in [0.1, 0.15) is 0 Å². The van der Waals surface area contributed by atoms with Gasteiger partial charge in [-0.3, -0.25) is 9.59 Å². The molecule has 0 bridgehead atoms. The lowest BCUT2D eigenvalue weighted by atomic mass is 10.2. The fourth-order valence-electron chi connectivity index (χ4n) is 2.75. The molecule has 1 aliphatic rings. The molecule has 1 saturated heterocycles. The van der Waals surface area contributed by atoms with Crippen molar-refractivity contribution in [1.29, 1.82) is 0 Å². The molecule has 3 rings (SSSR count). The molecule has 1 aromatic carbocycles. The van der Waals surface area contributed by atoms with Gasteiger partial charge in [0.25, 0.3) is 5.56 Å². The lowest BCUT2D eigenvalue weighted by Crippen LogP contribution is -2.32. The van der Waals surface area contributed by atoms with Gasteiger partial charge in [-0.2, -0.15) is 0 Å². The number of carbonyl (C=O) groups is 1. The molecule has 1 amide bonds. The fraction of sp³-hybridized carbons (Fsp3) is 0.375. The summed E-state index contributed by atoms with van der Waals surface area (Å²) in [4.78, 5) is 25.4. The summed E-state index contributed by atoms with van der Waals surface area (Å²) in [5.41, 5.74) is 3.97. The first-order valence-corrected chi connectivity index (χ1v) is 7.38. The summed E-state index contributed by atoms with van der Waals surface area (Å²) in [6, 6.07) is 11.2. The Kier molecular flexibility index (Phi) is 3.90. The van der Waals surface area contributed by atoms with E-state index in [0.717, 1.165) is 36.8 Å². The molecule has 1 aromatic heterocycles. The van der Waals surface area contributed by atoms with Gasteiger partial charge in [0, 0.05) is 37.5 Å². The molecule has 0 unspecified atom stereocenters. The zero-order valence-electron chi connectivity index (χ0n) is 11.9. The van der Waals surface area contributed by atoms with Gasteiger partial charge < -0.3 is 10.3 Å². The van der Waals surface area contributed by atoms with E-state index in [9.17, 15) is 9.59 Å². The summed E-state index contributed by atoms with van der Waals surface area (Å²) in [6.07, 6.45) is 2.48. The van der Waals surface area contributed by atoms with Crippen LogP contribution in [0.1, 0.15) is 19.3 Å². The van der Waals surface area contributed by atoms with Crippen LogP contribution in [0.3, 0.4) is 0 Å². The number of pyridine rings is 1. The van der Waals surface area contributed by atoms with Gasteiger partial charge in [-0.15, -0.1) is 0 Å². The lowest BCUT2D eigenvalue weighted by Gasteiger charge is -2.17. The predicted octanol–water partition coefficient (Wildman–Crippen LogP) is 1.56. The molecule has 5 heteroatoms. The van der Waals surface area contributed by atoms with Gasteiger partial charge in [0.05, 0.1) is 5.52 Å². The molecule has 0 aliphatic carbocycles. The van der Waals surface area contributed by atoms with Gasteiger partial charge in [-0.1, -0.05) is 18.2 Å². The zero-order valence-corrected chi connectivity index (χ0v) is 11.9. The number of para-hydroxylation sites is 1. The number of fused-ring (bicyclic) bond motifs is 1. The average molecular weight is 285 g/mol. The number of carbonyl (C=O) groups excluding carboxylic acids is 1. The predicted molar refractivity (Wildman–Crippen MR) is 82.9 cm³/mol. The second-order valence-corrected chi connectivity index (χ2v) is 5.31. The van der Waals surface area contributed by atoms with E-state index in [0.29, 0.717) is 13.0 Å². The normalized spacial score (nSPS) is 14.9. The van der Waals surface area contributed by atoms with Crippen LogP contribution in [0.15, 0.2) is 41.2 Å². The molecule has 1 fully saturated rings. The van der Waals surface area contributed by atoms with Crippen molar-refractivity contribution < 1.29 is 4.79 Å². The summed E-state index contributed by atoms with van der Waals surface area (Å²) in [7, 11) is 0. The number of nitrogens with zero attached hydrogens (tertiary/aromatic N) is 2. The highest BCUT2D eigenvalue weighted by molar-refractivity contribution is 5.79. The van der Waals surface area contributed by atoms with E-state index in [1.807, 2.05) is 35.2 Å². The van der Waals surface area contributed by atoms with Crippen LogP contribution in [0.2, 0.25) is 0 Å². The van der Waals surface area contributed by atoms with Gasteiger partial charge in [-0.25, -0.2) is 4.68 Å². The monoisotopic (exact) mass is 285 g/mol. The third kappa shape index (κ3) is 2.91. The van der Waals surface area contributed by atoms with Crippen LogP contribution < -0.4 is 11.0 Å². The maximum atomic E-state index is 12.0. The van der Waals surface area contributed by atoms with Gasteiger partial charge >= 0.3 is 0 Å². The molecular formula is C16H19N3O2. The second kappa shape index (κ2) is 5.99. The summed E-state index contributed by atoms with van der Waals surface area (Å²) >= 11 is 0. The Morgan fingerprint density at radius 2 is 1.95 bits per heavy atom. The van der Waals surface area contributed by atoms with Crippen molar-refractivity contribution >= 4 is 16.8 Å². The van der Waals surface area contributed by atoms with Crippen molar-refractivity contribution in [1.82, 2.24) is 9.58 Å². The summed E-state index contributed by atoms with van der Waals surface area (Å²) in [5, 5.41) is 1.03. The van der Waals surface area contributed by atoms with Crippen LogP contribution in [-0.2, 0) is 4.79 Å². The van der Waals surface area contributed by atoms with Crippen molar-refractivity contribution in [2.24, 2.45) is 0 Å². The first-order chi connectivity index (χ1) is 10.3. The van der Waals surface area contributed by atoms with E-state index in [2.05, 4.69) is 5.43 Å². The maximum Gasteiger partial charge on any atom is 0.269 e. The third-order valence-electron chi connectivity index (χ3n) is 3.85. The molecular weight excluding hydrogens is 266 g/mol. The Morgan fingerprint density at radius 1 is 1.10 bits per heavy atom. The quantitative estimate of drug-likeness (QED) is 0.848. The Hall–Kier alpha value is -2.30. The molecule has 110 valence electrons. The van der Waals surface area contributed by atoms with E-state index in [4.69, 9.17) is 0 Å². The Bertz CT molecular complexity index is 708. The van der Waals surface area contributed by atoms with Crippen LogP contribution in [0, 0.1) is 0 Å². The van der Waals surface area contributed by atoms with Crippen LogP contribution in [0.25, 0.3) is 10.9 Å². The molecule has 2 heterocycles. The number of amides is 1. The van der Waals surface area contributed by atoms with Crippen molar-refractivity contribution in [3.05, 3.63) is 46.8 Å². The molecule has 0 spiro atoms. The van der Waals surface area contributed by atoms with E-state index in [1.165, 1.54) is 0 Å². The Labute approximate surface area is 123 Å². The topological polar surface area (TPSA) is 54.3 Å². The van der Waals surface area contributed by atoms with Crippen molar-refractivity contribution in [2.75, 3.05) is 25.1 Å². The van der Waals surface area contributed by atoms with Gasteiger partial charge in [0.2, 0.25) is 5.91 Å². The van der Waals surface area contributed by atoms with Crippen LogP contribution in [0.5, 0.6) is 0 Å². The highest BCUT2D eigenvalue weighted by Gasteiger charge is 2.18. The minimum Gasteiger partial charge on any atom is -0.343 e. The molecule has 2 aromatic rings. The number of benzene rings is 1. The molecule has 0 radical (unpaired) electrons. The second-order valence-electron chi connectivity index (χ2n) is 5.31. The number of hydrogen-bond donors (Lipinski definition) is 1. The van der Waals surface area contributed by atoms with E-state index in [1.54, 1.807) is 10.7 Å². The minimum absolute atomic E-state index is 0.0639. The zero-order chi connectivity index (χ0) is 14.7. The Morgan fingerprint density at radius 3 is 2.76 bits per heavy atom. The standard InChI is InChI=1S/C16H19N3O2/c20-15-7-3-11-18(15)12-4-10-17-19-14-6-2-1-5-13(14)8-9-16(19)21/h1-2,5-6,8-9,17H,3-4,7,10-12H2. The lowest BCUT2D eigenvalue weighted by molar-refractivity contribution is -0.127.